The Morgan fingerprint density at radius 3 is 2.42 bits per heavy atom. The normalized spacial score (nSPS) is 11.9. The average Bonchev–Trinajstić information content (AvgIpc) is 2.88. The van der Waals surface area contributed by atoms with Gasteiger partial charge in [0.2, 0.25) is 21.8 Å². The lowest BCUT2D eigenvalue weighted by molar-refractivity contribution is -0.140. The summed E-state index contributed by atoms with van der Waals surface area (Å²) in [7, 11) is -0.600. The summed E-state index contributed by atoms with van der Waals surface area (Å²) < 4.78 is 36.7. The molecule has 0 aliphatic heterocycles. The third kappa shape index (κ3) is 9.09. The highest BCUT2D eigenvalue weighted by Crippen LogP contribution is 2.30. The highest BCUT2D eigenvalue weighted by Gasteiger charge is 2.27. The van der Waals surface area contributed by atoms with Crippen LogP contribution in [-0.2, 0) is 26.2 Å². The number of carbonyl (C=O) groups excluding carboxylic acids is 2. The van der Waals surface area contributed by atoms with Gasteiger partial charge in [-0.25, -0.2) is 8.42 Å². The van der Waals surface area contributed by atoms with E-state index in [0.29, 0.717) is 23.7 Å². The lowest BCUT2D eigenvalue weighted by Crippen LogP contribution is -2.48. The number of carbonyl (C=O) groups is 2. The van der Waals surface area contributed by atoms with Crippen LogP contribution in [-0.4, -0.2) is 64.7 Å². The number of nitrogens with one attached hydrogen (secondary N) is 1. The molecule has 0 aromatic heterocycles. The number of amides is 2. The van der Waals surface area contributed by atoms with E-state index in [1.165, 1.54) is 22.4 Å². The molecule has 9 nitrogen and oxygen atoms in total. The van der Waals surface area contributed by atoms with Gasteiger partial charge in [0.1, 0.15) is 17.5 Å². The Morgan fingerprint density at radius 2 is 1.82 bits per heavy atom. The monoisotopic (exact) mass is 567 g/mol. The highest BCUT2D eigenvalue weighted by atomic mass is 35.5. The van der Waals surface area contributed by atoms with Gasteiger partial charge >= 0.3 is 0 Å². The van der Waals surface area contributed by atoms with E-state index in [2.05, 4.69) is 5.32 Å². The summed E-state index contributed by atoms with van der Waals surface area (Å²) in [5.74, 6) is 0.586. The van der Waals surface area contributed by atoms with Crippen molar-refractivity contribution in [2.24, 2.45) is 0 Å². The molecule has 0 aliphatic carbocycles. The number of hydrogen-bond acceptors (Lipinski definition) is 6. The molecule has 0 aliphatic rings. The van der Waals surface area contributed by atoms with Gasteiger partial charge in [0.05, 0.1) is 31.2 Å². The van der Waals surface area contributed by atoms with Crippen molar-refractivity contribution in [3.63, 3.8) is 0 Å². The Bertz CT molecular complexity index is 1190. The van der Waals surface area contributed by atoms with Gasteiger partial charge in [-0.1, -0.05) is 37.1 Å². The fourth-order valence-corrected chi connectivity index (χ4v) is 5.11. The molecule has 2 aromatic carbocycles. The molecule has 0 saturated carbocycles. The molecule has 11 heteroatoms. The summed E-state index contributed by atoms with van der Waals surface area (Å²) in [5, 5.41) is 3.17. The molecule has 1 atom stereocenters. The maximum absolute atomic E-state index is 13.4. The summed E-state index contributed by atoms with van der Waals surface area (Å²) >= 11 is 6.20. The Labute approximate surface area is 231 Å². The van der Waals surface area contributed by atoms with Crippen LogP contribution in [0.1, 0.15) is 45.1 Å². The number of sulfonamides is 1. The van der Waals surface area contributed by atoms with E-state index in [4.69, 9.17) is 21.1 Å². The van der Waals surface area contributed by atoms with Crippen molar-refractivity contribution in [1.29, 1.82) is 0 Å². The second kappa shape index (κ2) is 14.8. The molecule has 2 amide bonds. The van der Waals surface area contributed by atoms with Crippen LogP contribution in [0.4, 0.5) is 5.69 Å². The van der Waals surface area contributed by atoms with Gasteiger partial charge in [-0.2, -0.15) is 0 Å². The van der Waals surface area contributed by atoms with Crippen molar-refractivity contribution in [1.82, 2.24) is 10.2 Å². The first-order chi connectivity index (χ1) is 18.0. The number of halogens is 1. The van der Waals surface area contributed by atoms with Gasteiger partial charge < -0.3 is 19.7 Å². The smallest absolute Gasteiger partial charge is 0.242 e. The van der Waals surface area contributed by atoms with E-state index in [0.717, 1.165) is 24.7 Å². The second-order valence-electron chi connectivity index (χ2n) is 8.95. The van der Waals surface area contributed by atoms with Crippen LogP contribution in [0.2, 0.25) is 5.02 Å². The van der Waals surface area contributed by atoms with E-state index >= 15 is 0 Å². The maximum atomic E-state index is 13.4. The van der Waals surface area contributed by atoms with Gasteiger partial charge in [0, 0.05) is 26.1 Å². The van der Waals surface area contributed by atoms with Crippen LogP contribution in [0.25, 0.3) is 0 Å². The Balaban J connectivity index is 2.19. The number of benzene rings is 2. The van der Waals surface area contributed by atoms with Crippen LogP contribution < -0.4 is 19.1 Å². The van der Waals surface area contributed by atoms with Gasteiger partial charge in [0.25, 0.3) is 0 Å². The molecule has 0 bridgehead atoms. The molecule has 2 aromatic rings. The summed E-state index contributed by atoms with van der Waals surface area (Å²) in [4.78, 5) is 27.7. The van der Waals surface area contributed by atoms with Crippen molar-refractivity contribution in [3.8, 4) is 11.5 Å². The third-order valence-electron chi connectivity index (χ3n) is 6.06. The van der Waals surface area contributed by atoms with Crippen LogP contribution in [0.15, 0.2) is 42.5 Å². The predicted molar refractivity (Wildman–Crippen MR) is 150 cm³/mol. The first kappa shape index (κ1) is 31.2. The van der Waals surface area contributed by atoms with E-state index in [1.54, 1.807) is 26.2 Å². The number of rotatable bonds is 15. The molecular weight excluding hydrogens is 530 g/mol. The van der Waals surface area contributed by atoms with Gasteiger partial charge in [-0.05, 0) is 55.7 Å². The number of anilines is 1. The topological polar surface area (TPSA) is 105 Å². The first-order valence-electron chi connectivity index (χ1n) is 12.5. The maximum Gasteiger partial charge on any atom is 0.242 e. The van der Waals surface area contributed by atoms with E-state index in [9.17, 15) is 18.0 Å². The van der Waals surface area contributed by atoms with Gasteiger partial charge in [0.15, 0.2) is 0 Å². The van der Waals surface area contributed by atoms with Gasteiger partial charge in [-0.3, -0.25) is 13.9 Å². The van der Waals surface area contributed by atoms with Crippen molar-refractivity contribution in [3.05, 3.63) is 53.1 Å². The molecule has 2 rings (SSSR count). The average molecular weight is 568 g/mol. The standard InChI is InChI=1S/C27H38ClN3O6S/c1-6-7-15-29-27(33)20(2)30(19-21-10-8-11-23(17-21)36-3)26(32)12-9-16-31(38(5,34)35)22-13-14-25(37-4)24(28)18-22/h8,10-11,13-14,17-18,20H,6-7,9,12,15-16,19H2,1-5H3,(H,29,33). The molecule has 210 valence electrons. The summed E-state index contributed by atoms with van der Waals surface area (Å²) in [6.45, 7) is 4.55. The summed E-state index contributed by atoms with van der Waals surface area (Å²) in [5.41, 5.74) is 1.19. The Kier molecular flexibility index (Phi) is 12.2. The largest absolute Gasteiger partial charge is 0.497 e. The lowest BCUT2D eigenvalue weighted by Gasteiger charge is -2.29. The number of methoxy groups -OCH3 is 2. The van der Waals surface area contributed by atoms with Crippen LogP contribution in [0.5, 0.6) is 11.5 Å². The van der Waals surface area contributed by atoms with E-state index in [-0.39, 0.29) is 42.8 Å². The minimum Gasteiger partial charge on any atom is -0.497 e. The zero-order valence-corrected chi connectivity index (χ0v) is 24.3. The third-order valence-corrected chi connectivity index (χ3v) is 7.55. The van der Waals surface area contributed by atoms with E-state index in [1.807, 2.05) is 31.2 Å². The molecular formula is C27H38ClN3O6S. The summed E-state index contributed by atoms with van der Waals surface area (Å²) in [6.07, 6.45) is 3.18. The first-order valence-corrected chi connectivity index (χ1v) is 14.8. The van der Waals surface area contributed by atoms with Crippen molar-refractivity contribution in [2.75, 3.05) is 37.9 Å². The number of hydrogen-bond donors (Lipinski definition) is 1. The summed E-state index contributed by atoms with van der Waals surface area (Å²) in [6, 6.07) is 11.3. The molecule has 0 heterocycles. The molecule has 0 radical (unpaired) electrons. The van der Waals surface area contributed by atoms with Crippen molar-refractivity contribution < 1.29 is 27.5 Å². The van der Waals surface area contributed by atoms with Crippen LogP contribution >= 0.6 is 11.6 Å². The zero-order valence-electron chi connectivity index (χ0n) is 22.7. The second-order valence-corrected chi connectivity index (χ2v) is 11.3. The molecule has 38 heavy (non-hydrogen) atoms. The number of ether oxygens (including phenoxy) is 2. The minimum atomic E-state index is -3.64. The molecule has 0 spiro atoms. The fraction of sp³-hybridized carbons (Fsp3) is 0.481. The highest BCUT2D eigenvalue weighted by molar-refractivity contribution is 7.92. The Morgan fingerprint density at radius 1 is 1.08 bits per heavy atom. The van der Waals surface area contributed by atoms with Crippen LogP contribution in [0.3, 0.4) is 0 Å². The quantitative estimate of drug-likeness (QED) is 0.323. The zero-order chi connectivity index (χ0) is 28.3. The minimum absolute atomic E-state index is 0.0481. The predicted octanol–water partition coefficient (Wildman–Crippen LogP) is 4.24. The molecule has 1 unspecified atom stereocenters. The van der Waals surface area contributed by atoms with Gasteiger partial charge in [-0.15, -0.1) is 0 Å². The number of unbranched alkanes of at least 4 members (excludes halogenated alkanes) is 1. The molecule has 0 saturated heterocycles. The van der Waals surface area contributed by atoms with E-state index < -0.39 is 16.1 Å². The Hall–Kier alpha value is -2.98. The SMILES string of the molecule is CCCCNC(=O)C(C)N(Cc1cccc(OC)c1)C(=O)CCCN(c1ccc(OC)c(Cl)c1)S(C)(=O)=O. The fourth-order valence-electron chi connectivity index (χ4n) is 3.90. The van der Waals surface area contributed by atoms with Crippen LogP contribution in [0, 0.1) is 0 Å². The lowest BCUT2D eigenvalue weighted by atomic mass is 10.1. The van der Waals surface area contributed by atoms with Crippen molar-refractivity contribution >= 4 is 39.1 Å². The number of nitrogens with zero attached hydrogens (tertiary/aromatic N) is 2. The molecule has 1 N–H and O–H groups in total. The van der Waals surface area contributed by atoms with Crippen molar-refractivity contribution in [2.45, 2.75) is 52.1 Å². The molecule has 0 fully saturated rings.